The summed E-state index contributed by atoms with van der Waals surface area (Å²) in [6.07, 6.45) is 0. The largest absolute Gasteiger partial charge is 0.308 e. The molecule has 0 bridgehead atoms. The molecule has 0 aliphatic carbocycles. The molecule has 0 heterocycles. The third-order valence-electron chi connectivity index (χ3n) is 2.32. The van der Waals surface area contributed by atoms with E-state index in [9.17, 15) is 4.39 Å². The minimum Gasteiger partial charge on any atom is -0.308 e. The van der Waals surface area contributed by atoms with Gasteiger partial charge < -0.3 is 5.43 Å². The lowest BCUT2D eigenvalue weighted by Gasteiger charge is -2.08. The molecule has 0 unspecified atom stereocenters. The fourth-order valence-electron chi connectivity index (χ4n) is 1.48. The molecule has 0 fully saturated rings. The molecule has 2 aromatic rings. The lowest BCUT2D eigenvalue weighted by atomic mass is 10.2. The molecule has 0 radical (unpaired) electrons. The first kappa shape index (κ1) is 12.5. The number of para-hydroxylation sites is 1. The highest BCUT2D eigenvalue weighted by Gasteiger charge is 2.08. The zero-order valence-corrected chi connectivity index (χ0v) is 10.2. The van der Waals surface area contributed by atoms with E-state index in [1.807, 2.05) is 30.3 Å². The van der Waals surface area contributed by atoms with Crippen molar-refractivity contribution in [3.63, 3.8) is 0 Å². The number of nitrogens with zero attached hydrogens (tertiary/aromatic N) is 1. The zero-order valence-electron chi connectivity index (χ0n) is 9.40. The number of hydrogen-bond acceptors (Lipinski definition) is 2. The van der Waals surface area contributed by atoms with Crippen LogP contribution in [0.1, 0.15) is 5.56 Å². The third kappa shape index (κ3) is 2.85. The first-order valence-corrected chi connectivity index (χ1v) is 5.64. The third-order valence-corrected chi connectivity index (χ3v) is 2.63. The molecule has 0 aromatic heterocycles. The fourth-order valence-corrected chi connectivity index (χ4v) is 1.74. The Hall–Kier alpha value is -1.91. The van der Waals surface area contributed by atoms with Gasteiger partial charge in [0.1, 0.15) is 11.7 Å². The average Bonchev–Trinajstić information content (AvgIpc) is 2.38. The Morgan fingerprint density at radius 3 is 2.50 bits per heavy atom. The van der Waals surface area contributed by atoms with Gasteiger partial charge in [0.15, 0.2) is 0 Å². The van der Waals surface area contributed by atoms with Crippen LogP contribution in [0.4, 0.5) is 10.1 Å². The molecule has 5 heteroatoms. The van der Waals surface area contributed by atoms with E-state index in [0.29, 0.717) is 11.4 Å². The van der Waals surface area contributed by atoms with Gasteiger partial charge in [0.05, 0.1) is 10.7 Å². The van der Waals surface area contributed by atoms with Crippen LogP contribution in [0.3, 0.4) is 0 Å². The molecule has 2 rings (SSSR count). The molecule has 3 N–H and O–H groups in total. The van der Waals surface area contributed by atoms with Crippen molar-refractivity contribution in [2.24, 2.45) is 10.8 Å². The Balaban J connectivity index is 2.42. The molecule has 3 nitrogen and oxygen atoms in total. The van der Waals surface area contributed by atoms with E-state index in [4.69, 9.17) is 17.4 Å². The summed E-state index contributed by atoms with van der Waals surface area (Å²) >= 11 is 5.95. The Bertz CT molecular complexity index is 570. The van der Waals surface area contributed by atoms with Crippen LogP contribution in [0.5, 0.6) is 0 Å². The highest BCUT2D eigenvalue weighted by atomic mass is 35.5. The molecule has 0 spiro atoms. The summed E-state index contributed by atoms with van der Waals surface area (Å²) in [4.78, 5) is 4.31. The van der Waals surface area contributed by atoms with Crippen LogP contribution < -0.4 is 11.3 Å². The van der Waals surface area contributed by atoms with Crippen molar-refractivity contribution in [2.75, 3.05) is 0 Å². The Morgan fingerprint density at radius 2 is 1.89 bits per heavy atom. The maximum atomic E-state index is 13.0. The van der Waals surface area contributed by atoms with Crippen molar-refractivity contribution in [1.29, 1.82) is 0 Å². The van der Waals surface area contributed by atoms with Crippen molar-refractivity contribution in [3.8, 4) is 0 Å². The van der Waals surface area contributed by atoms with Crippen molar-refractivity contribution in [1.82, 2.24) is 5.43 Å². The summed E-state index contributed by atoms with van der Waals surface area (Å²) in [5.74, 6) is 5.40. The highest BCUT2D eigenvalue weighted by Crippen LogP contribution is 2.19. The molecular weight excluding hydrogens is 253 g/mol. The summed E-state index contributed by atoms with van der Waals surface area (Å²) in [6.45, 7) is 0. The van der Waals surface area contributed by atoms with Crippen LogP contribution in [-0.4, -0.2) is 5.84 Å². The van der Waals surface area contributed by atoms with Gasteiger partial charge in [-0.25, -0.2) is 15.2 Å². The number of rotatable bonds is 2. The molecule has 0 atom stereocenters. The van der Waals surface area contributed by atoms with Crippen molar-refractivity contribution in [2.45, 2.75) is 0 Å². The molecule has 0 aliphatic rings. The van der Waals surface area contributed by atoms with E-state index < -0.39 is 5.82 Å². The average molecular weight is 264 g/mol. The smallest absolute Gasteiger partial charge is 0.149 e. The highest BCUT2D eigenvalue weighted by molar-refractivity contribution is 6.34. The zero-order chi connectivity index (χ0) is 13.0. The van der Waals surface area contributed by atoms with E-state index in [2.05, 4.69) is 10.4 Å². The van der Waals surface area contributed by atoms with Crippen molar-refractivity contribution >= 4 is 23.1 Å². The van der Waals surface area contributed by atoms with Crippen LogP contribution in [0.25, 0.3) is 0 Å². The number of halogens is 2. The lowest BCUT2D eigenvalue weighted by Crippen LogP contribution is -2.31. The van der Waals surface area contributed by atoms with Gasteiger partial charge in [0, 0.05) is 5.56 Å². The summed E-state index contributed by atoms with van der Waals surface area (Å²) in [5.41, 5.74) is 3.74. The monoisotopic (exact) mass is 263 g/mol. The van der Waals surface area contributed by atoms with Crippen molar-refractivity contribution in [3.05, 3.63) is 64.9 Å². The standard InChI is InChI=1S/C13H11ClFN3/c14-12-8-9(15)6-7-11(12)13(18-16)17-10-4-2-1-3-5-10/h1-8H,16H2,(H,17,18). The van der Waals surface area contributed by atoms with Crippen molar-refractivity contribution < 1.29 is 4.39 Å². The van der Waals surface area contributed by atoms with Gasteiger partial charge in [-0.1, -0.05) is 29.8 Å². The number of nitrogens with one attached hydrogen (secondary N) is 1. The minimum atomic E-state index is -0.403. The summed E-state index contributed by atoms with van der Waals surface area (Å²) < 4.78 is 13.0. The topological polar surface area (TPSA) is 50.4 Å². The fraction of sp³-hybridized carbons (Fsp3) is 0. The molecule has 2 aromatic carbocycles. The Kier molecular flexibility index (Phi) is 3.92. The molecule has 0 saturated carbocycles. The van der Waals surface area contributed by atoms with E-state index in [1.54, 1.807) is 0 Å². The van der Waals surface area contributed by atoms with Crippen LogP contribution in [0.15, 0.2) is 53.5 Å². The van der Waals surface area contributed by atoms with Gasteiger partial charge in [-0.3, -0.25) is 0 Å². The van der Waals surface area contributed by atoms with E-state index in [1.165, 1.54) is 18.2 Å². The second kappa shape index (κ2) is 5.62. The molecule has 18 heavy (non-hydrogen) atoms. The van der Waals surface area contributed by atoms with Crippen LogP contribution in [0, 0.1) is 5.82 Å². The van der Waals surface area contributed by atoms with Gasteiger partial charge in [-0.2, -0.15) is 0 Å². The second-order valence-corrected chi connectivity index (χ2v) is 3.97. The normalized spacial score (nSPS) is 11.4. The Labute approximate surface area is 109 Å². The Morgan fingerprint density at radius 1 is 1.17 bits per heavy atom. The number of amidine groups is 1. The molecule has 0 amide bonds. The van der Waals surface area contributed by atoms with E-state index in [0.717, 1.165) is 5.69 Å². The summed E-state index contributed by atoms with van der Waals surface area (Å²) in [5, 5.41) is 0.252. The number of benzene rings is 2. The van der Waals surface area contributed by atoms with Gasteiger partial charge in [-0.15, -0.1) is 0 Å². The number of hydrazine groups is 1. The minimum absolute atomic E-state index is 0.252. The van der Waals surface area contributed by atoms with Gasteiger partial charge in [-0.05, 0) is 30.3 Å². The number of nitrogens with two attached hydrogens (primary N) is 1. The van der Waals surface area contributed by atoms with Crippen LogP contribution >= 0.6 is 11.6 Å². The first-order chi connectivity index (χ1) is 8.70. The van der Waals surface area contributed by atoms with E-state index in [-0.39, 0.29) is 5.02 Å². The maximum absolute atomic E-state index is 13.0. The molecule has 92 valence electrons. The SMILES string of the molecule is NNC(=Nc1ccccc1)c1ccc(F)cc1Cl. The lowest BCUT2D eigenvalue weighted by molar-refractivity contribution is 0.628. The van der Waals surface area contributed by atoms with E-state index >= 15 is 0 Å². The van der Waals surface area contributed by atoms with Crippen LogP contribution in [0.2, 0.25) is 5.02 Å². The predicted molar refractivity (Wildman–Crippen MR) is 71.4 cm³/mol. The van der Waals surface area contributed by atoms with Gasteiger partial charge in [0.25, 0.3) is 0 Å². The quantitative estimate of drug-likeness (QED) is 0.379. The molecule has 0 aliphatic heterocycles. The van der Waals surface area contributed by atoms with Gasteiger partial charge in [0.2, 0.25) is 0 Å². The molecule has 0 saturated heterocycles. The predicted octanol–water partition coefficient (Wildman–Crippen LogP) is 3.02. The maximum Gasteiger partial charge on any atom is 0.149 e. The van der Waals surface area contributed by atoms with Crippen LogP contribution in [-0.2, 0) is 0 Å². The summed E-state index contributed by atoms with van der Waals surface area (Å²) in [7, 11) is 0. The van der Waals surface area contributed by atoms with Gasteiger partial charge >= 0.3 is 0 Å². The molecular formula is C13H11ClFN3. The summed E-state index contributed by atoms with van der Waals surface area (Å²) in [6, 6.07) is 13.3. The first-order valence-electron chi connectivity index (χ1n) is 5.26. The number of aliphatic imine (C=N–C) groups is 1. The second-order valence-electron chi connectivity index (χ2n) is 3.56. The number of hydrogen-bond donors (Lipinski definition) is 2.